The summed E-state index contributed by atoms with van der Waals surface area (Å²) in [5, 5.41) is 11.3. The Balaban J connectivity index is 1.23. The van der Waals surface area contributed by atoms with Crippen molar-refractivity contribution in [3.8, 4) is 17.1 Å². The van der Waals surface area contributed by atoms with Crippen LogP contribution in [0, 0.1) is 5.82 Å². The number of ether oxygens (including phenoxy) is 1. The number of carbonyl (C=O) groups excluding carboxylic acids is 1. The van der Waals surface area contributed by atoms with Gasteiger partial charge < -0.3 is 14.6 Å². The third kappa shape index (κ3) is 5.34. The first kappa shape index (κ1) is 22.0. The van der Waals surface area contributed by atoms with Crippen LogP contribution in [0.1, 0.15) is 30.7 Å². The number of aryl methyl sites for hydroxylation is 2. The second-order valence-electron chi connectivity index (χ2n) is 8.08. The number of benzene rings is 1. The van der Waals surface area contributed by atoms with Gasteiger partial charge in [0.15, 0.2) is 0 Å². The Hall–Kier alpha value is -3.20. The number of nitrogens with zero attached hydrogens (tertiary/aromatic N) is 4. The molecule has 1 aliphatic heterocycles. The van der Waals surface area contributed by atoms with Crippen molar-refractivity contribution in [2.75, 3.05) is 20.2 Å². The Morgan fingerprint density at radius 1 is 1.28 bits per heavy atom. The van der Waals surface area contributed by atoms with Crippen LogP contribution in [0.2, 0.25) is 0 Å². The van der Waals surface area contributed by atoms with E-state index in [-0.39, 0.29) is 17.8 Å². The van der Waals surface area contributed by atoms with Gasteiger partial charge in [0.25, 0.3) is 5.88 Å². The van der Waals surface area contributed by atoms with E-state index in [1.807, 2.05) is 23.9 Å². The Morgan fingerprint density at radius 3 is 2.78 bits per heavy atom. The summed E-state index contributed by atoms with van der Waals surface area (Å²) in [6.07, 6.45) is 2.62. The molecule has 0 atom stereocenters. The number of methoxy groups -OCH3 is 1. The Labute approximate surface area is 186 Å². The predicted molar refractivity (Wildman–Crippen MR) is 116 cm³/mol. The zero-order chi connectivity index (χ0) is 22.5. The van der Waals surface area contributed by atoms with E-state index in [1.54, 1.807) is 18.2 Å². The molecule has 3 heterocycles. The number of aromatic nitrogens is 3. The summed E-state index contributed by atoms with van der Waals surface area (Å²) in [4.78, 5) is 14.6. The molecule has 9 heteroatoms. The first-order valence-electron chi connectivity index (χ1n) is 10.8. The molecule has 0 unspecified atom stereocenters. The van der Waals surface area contributed by atoms with E-state index in [9.17, 15) is 9.18 Å². The second-order valence-corrected chi connectivity index (χ2v) is 8.08. The fourth-order valence-electron chi connectivity index (χ4n) is 3.96. The fourth-order valence-corrected chi connectivity index (χ4v) is 3.96. The van der Waals surface area contributed by atoms with Gasteiger partial charge in [-0.3, -0.25) is 14.4 Å². The maximum Gasteiger partial charge on any atom is 0.254 e. The number of hydrogen-bond acceptors (Lipinski definition) is 6. The van der Waals surface area contributed by atoms with Crippen LogP contribution >= 0.6 is 0 Å². The highest BCUT2D eigenvalue weighted by Gasteiger charge is 2.22. The zero-order valence-corrected chi connectivity index (χ0v) is 18.4. The van der Waals surface area contributed by atoms with Crippen molar-refractivity contribution in [2.24, 2.45) is 7.05 Å². The quantitative estimate of drug-likeness (QED) is 0.579. The summed E-state index contributed by atoms with van der Waals surface area (Å²) in [5.41, 5.74) is 2.19. The highest BCUT2D eigenvalue weighted by molar-refractivity contribution is 5.76. The summed E-state index contributed by atoms with van der Waals surface area (Å²) >= 11 is 0. The molecular weight excluding hydrogens is 413 g/mol. The first-order chi connectivity index (χ1) is 15.5. The summed E-state index contributed by atoms with van der Waals surface area (Å²) in [6.45, 7) is 2.50. The molecule has 170 valence electrons. The standard InChI is InChI=1S/C23H28FN5O3/c1-28-17(13-21(26-28)19-5-3-4-6-20(19)24)15-29-11-9-16(10-12-29)25-22(30)8-7-18-14-23(31-2)27-32-18/h3-6,13-14,16H,7-12,15H2,1-2H3,(H,25,30). The topological polar surface area (TPSA) is 85.4 Å². The predicted octanol–water partition coefficient (Wildman–Crippen LogP) is 2.94. The number of piperidine rings is 1. The number of rotatable bonds is 8. The van der Waals surface area contributed by atoms with Gasteiger partial charge in [0.05, 0.1) is 18.5 Å². The van der Waals surface area contributed by atoms with Crippen molar-refractivity contribution in [3.05, 3.63) is 53.7 Å². The third-order valence-corrected chi connectivity index (χ3v) is 5.81. The molecule has 32 heavy (non-hydrogen) atoms. The molecule has 0 aliphatic carbocycles. The summed E-state index contributed by atoms with van der Waals surface area (Å²) in [6, 6.07) is 10.5. The van der Waals surface area contributed by atoms with Gasteiger partial charge in [0.1, 0.15) is 11.6 Å². The molecule has 1 N–H and O–H groups in total. The van der Waals surface area contributed by atoms with Gasteiger partial charge >= 0.3 is 0 Å². The molecule has 0 spiro atoms. The van der Waals surface area contributed by atoms with Crippen molar-refractivity contribution < 1.29 is 18.4 Å². The normalized spacial score (nSPS) is 15.1. The van der Waals surface area contributed by atoms with E-state index in [1.165, 1.54) is 13.2 Å². The summed E-state index contributed by atoms with van der Waals surface area (Å²) in [5.74, 6) is 0.802. The minimum atomic E-state index is -0.267. The van der Waals surface area contributed by atoms with E-state index in [0.29, 0.717) is 35.7 Å². The Morgan fingerprint density at radius 2 is 2.06 bits per heavy atom. The molecule has 0 bridgehead atoms. The van der Waals surface area contributed by atoms with Gasteiger partial charge in [-0.2, -0.15) is 5.10 Å². The van der Waals surface area contributed by atoms with Gasteiger partial charge in [0.2, 0.25) is 5.91 Å². The summed E-state index contributed by atoms with van der Waals surface area (Å²) < 4.78 is 26.0. The fraction of sp³-hybridized carbons (Fsp3) is 0.435. The maximum absolute atomic E-state index is 14.1. The number of nitrogens with one attached hydrogen (secondary N) is 1. The van der Waals surface area contributed by atoms with Crippen LogP contribution in [-0.4, -0.2) is 52.0 Å². The minimum absolute atomic E-state index is 0.0139. The van der Waals surface area contributed by atoms with Crippen LogP contribution in [0.25, 0.3) is 11.3 Å². The van der Waals surface area contributed by atoms with Gasteiger partial charge in [-0.1, -0.05) is 12.1 Å². The lowest BCUT2D eigenvalue weighted by molar-refractivity contribution is -0.122. The lowest BCUT2D eigenvalue weighted by Gasteiger charge is -2.32. The lowest BCUT2D eigenvalue weighted by Crippen LogP contribution is -2.44. The number of hydrogen-bond donors (Lipinski definition) is 1. The van der Waals surface area contributed by atoms with Crippen molar-refractivity contribution in [1.29, 1.82) is 0 Å². The van der Waals surface area contributed by atoms with E-state index in [2.05, 4.69) is 20.5 Å². The first-order valence-corrected chi connectivity index (χ1v) is 10.8. The largest absolute Gasteiger partial charge is 0.479 e. The average molecular weight is 442 g/mol. The zero-order valence-electron chi connectivity index (χ0n) is 18.4. The Bertz CT molecular complexity index is 1060. The molecule has 1 fully saturated rings. The van der Waals surface area contributed by atoms with E-state index in [4.69, 9.17) is 9.26 Å². The van der Waals surface area contributed by atoms with Gasteiger partial charge in [-0.25, -0.2) is 4.39 Å². The lowest BCUT2D eigenvalue weighted by atomic mass is 10.0. The molecule has 8 nitrogen and oxygen atoms in total. The van der Waals surface area contributed by atoms with Crippen LogP contribution < -0.4 is 10.1 Å². The average Bonchev–Trinajstić information content (AvgIpc) is 3.40. The van der Waals surface area contributed by atoms with Crippen LogP contribution in [0.15, 0.2) is 40.9 Å². The maximum atomic E-state index is 14.1. The van der Waals surface area contributed by atoms with E-state index in [0.717, 1.165) is 38.2 Å². The second kappa shape index (κ2) is 9.95. The number of halogens is 1. The third-order valence-electron chi connectivity index (χ3n) is 5.81. The number of amides is 1. The van der Waals surface area contributed by atoms with Crippen molar-refractivity contribution in [2.45, 2.75) is 38.3 Å². The van der Waals surface area contributed by atoms with Crippen LogP contribution in [0.4, 0.5) is 4.39 Å². The molecule has 0 radical (unpaired) electrons. The number of likely N-dealkylation sites (tertiary alicyclic amines) is 1. The SMILES string of the molecule is COc1cc(CCC(=O)NC2CCN(Cc3cc(-c4ccccc4F)nn3C)CC2)on1. The molecule has 1 saturated heterocycles. The highest BCUT2D eigenvalue weighted by Crippen LogP contribution is 2.23. The highest BCUT2D eigenvalue weighted by atomic mass is 19.1. The van der Waals surface area contributed by atoms with Gasteiger partial charge in [-0.15, -0.1) is 0 Å². The molecule has 0 saturated carbocycles. The molecule has 1 aliphatic rings. The molecule has 3 aromatic rings. The molecule has 4 rings (SSSR count). The van der Waals surface area contributed by atoms with Gasteiger partial charge in [-0.05, 0) is 36.2 Å². The van der Waals surface area contributed by atoms with Gasteiger partial charge in [0, 0.05) is 57.2 Å². The van der Waals surface area contributed by atoms with Crippen molar-refractivity contribution in [3.63, 3.8) is 0 Å². The van der Waals surface area contributed by atoms with Crippen LogP contribution in [0.5, 0.6) is 5.88 Å². The molecular formula is C23H28FN5O3. The summed E-state index contributed by atoms with van der Waals surface area (Å²) in [7, 11) is 3.41. The molecule has 1 amide bonds. The van der Waals surface area contributed by atoms with Crippen LogP contribution in [-0.2, 0) is 24.8 Å². The van der Waals surface area contributed by atoms with E-state index >= 15 is 0 Å². The van der Waals surface area contributed by atoms with Crippen molar-refractivity contribution in [1.82, 2.24) is 25.2 Å². The van der Waals surface area contributed by atoms with Crippen molar-refractivity contribution >= 4 is 5.91 Å². The minimum Gasteiger partial charge on any atom is -0.479 e. The Kier molecular flexibility index (Phi) is 6.84. The number of carbonyl (C=O) groups is 1. The monoisotopic (exact) mass is 441 g/mol. The molecule has 2 aromatic heterocycles. The van der Waals surface area contributed by atoms with E-state index < -0.39 is 0 Å². The van der Waals surface area contributed by atoms with Crippen LogP contribution in [0.3, 0.4) is 0 Å². The smallest absolute Gasteiger partial charge is 0.254 e. The molecule has 1 aromatic carbocycles.